The summed E-state index contributed by atoms with van der Waals surface area (Å²) in [7, 11) is 0. The number of nitrogens with two attached hydrogens (primary N) is 1. The highest BCUT2D eigenvalue weighted by atomic mass is 15.1. The van der Waals surface area contributed by atoms with Crippen LogP contribution in [0.25, 0.3) is 0 Å². The second-order valence-electron chi connectivity index (χ2n) is 4.89. The maximum Gasteiger partial charge on any atom is 0.189 e. The van der Waals surface area contributed by atoms with E-state index in [0.717, 1.165) is 12.2 Å². The third-order valence-electron chi connectivity index (χ3n) is 3.48. The van der Waals surface area contributed by atoms with Crippen LogP contribution in [0.3, 0.4) is 0 Å². The highest BCUT2D eigenvalue weighted by Gasteiger charge is 2.15. The maximum absolute atomic E-state index is 5.98. The Morgan fingerprint density at radius 3 is 2.94 bits per heavy atom. The SMILES string of the molecule is CCC(NC(N)=NC1CCCCC1)c1ncc[nH]1. The number of hydrogen-bond acceptors (Lipinski definition) is 2. The van der Waals surface area contributed by atoms with E-state index in [4.69, 9.17) is 5.73 Å². The molecule has 0 aliphatic heterocycles. The van der Waals surface area contributed by atoms with Gasteiger partial charge in [-0.3, -0.25) is 4.99 Å². The second kappa shape index (κ2) is 6.42. The predicted molar refractivity (Wildman–Crippen MR) is 73.3 cm³/mol. The molecule has 0 aromatic carbocycles. The smallest absolute Gasteiger partial charge is 0.189 e. The molecule has 1 atom stereocenters. The van der Waals surface area contributed by atoms with Gasteiger partial charge in [-0.1, -0.05) is 26.2 Å². The molecule has 2 rings (SSSR count). The minimum atomic E-state index is 0.118. The van der Waals surface area contributed by atoms with Crippen molar-refractivity contribution in [2.24, 2.45) is 10.7 Å². The van der Waals surface area contributed by atoms with Crippen LogP contribution in [-0.4, -0.2) is 22.0 Å². The van der Waals surface area contributed by atoms with Gasteiger partial charge in [-0.2, -0.15) is 0 Å². The summed E-state index contributed by atoms with van der Waals surface area (Å²) in [6.07, 6.45) is 10.7. The summed E-state index contributed by atoms with van der Waals surface area (Å²) in [4.78, 5) is 11.9. The van der Waals surface area contributed by atoms with Gasteiger partial charge in [0.15, 0.2) is 5.96 Å². The first-order valence-corrected chi connectivity index (χ1v) is 6.88. The van der Waals surface area contributed by atoms with Gasteiger partial charge in [0.25, 0.3) is 0 Å². The van der Waals surface area contributed by atoms with Crippen LogP contribution in [0.4, 0.5) is 0 Å². The predicted octanol–water partition coefficient (Wildman–Crippen LogP) is 2.10. The molecule has 1 unspecified atom stereocenters. The van der Waals surface area contributed by atoms with E-state index in [-0.39, 0.29) is 6.04 Å². The van der Waals surface area contributed by atoms with Crippen LogP contribution in [-0.2, 0) is 0 Å². The lowest BCUT2D eigenvalue weighted by Crippen LogP contribution is -2.36. The lowest BCUT2D eigenvalue weighted by Gasteiger charge is -2.20. The minimum Gasteiger partial charge on any atom is -0.370 e. The van der Waals surface area contributed by atoms with E-state index in [1.165, 1.54) is 32.1 Å². The van der Waals surface area contributed by atoms with Crippen molar-refractivity contribution in [1.29, 1.82) is 0 Å². The van der Waals surface area contributed by atoms with E-state index in [0.29, 0.717) is 12.0 Å². The quantitative estimate of drug-likeness (QED) is 0.564. The van der Waals surface area contributed by atoms with E-state index in [1.54, 1.807) is 6.20 Å². The Morgan fingerprint density at radius 2 is 2.33 bits per heavy atom. The van der Waals surface area contributed by atoms with Gasteiger partial charge in [-0.05, 0) is 19.3 Å². The first-order valence-electron chi connectivity index (χ1n) is 6.88. The average Bonchev–Trinajstić information content (AvgIpc) is 2.91. The van der Waals surface area contributed by atoms with Gasteiger partial charge < -0.3 is 16.0 Å². The summed E-state index contributed by atoms with van der Waals surface area (Å²) in [6.45, 7) is 2.11. The summed E-state index contributed by atoms with van der Waals surface area (Å²) < 4.78 is 0. The monoisotopic (exact) mass is 249 g/mol. The van der Waals surface area contributed by atoms with Gasteiger partial charge >= 0.3 is 0 Å². The Hall–Kier alpha value is -1.52. The third-order valence-corrected chi connectivity index (χ3v) is 3.48. The zero-order valence-corrected chi connectivity index (χ0v) is 11.0. The fourth-order valence-corrected chi connectivity index (χ4v) is 2.45. The van der Waals surface area contributed by atoms with E-state index < -0.39 is 0 Å². The largest absolute Gasteiger partial charge is 0.370 e. The topological polar surface area (TPSA) is 79.1 Å². The van der Waals surface area contributed by atoms with Gasteiger partial charge in [0.2, 0.25) is 0 Å². The second-order valence-corrected chi connectivity index (χ2v) is 4.89. The molecule has 0 radical (unpaired) electrons. The summed E-state index contributed by atoms with van der Waals surface area (Å²) in [5, 5.41) is 3.25. The fourth-order valence-electron chi connectivity index (χ4n) is 2.45. The molecule has 0 spiro atoms. The van der Waals surface area contributed by atoms with Crippen molar-refractivity contribution < 1.29 is 0 Å². The first kappa shape index (κ1) is 12.9. The summed E-state index contributed by atoms with van der Waals surface area (Å²) in [6, 6.07) is 0.521. The standard InChI is InChI=1S/C13H23N5/c1-2-11(12-15-8-9-16-12)18-13(14)17-10-6-4-3-5-7-10/h8-11H,2-7H2,1H3,(H,15,16)(H3,14,17,18). The highest BCUT2D eigenvalue weighted by Crippen LogP contribution is 2.20. The highest BCUT2D eigenvalue weighted by molar-refractivity contribution is 5.78. The Morgan fingerprint density at radius 1 is 1.56 bits per heavy atom. The van der Waals surface area contributed by atoms with E-state index in [2.05, 4.69) is 27.2 Å². The third kappa shape index (κ3) is 3.48. The lowest BCUT2D eigenvalue weighted by molar-refractivity contribution is 0.440. The molecule has 1 aliphatic carbocycles. The number of hydrogen-bond donors (Lipinski definition) is 3. The molecule has 1 aromatic rings. The molecule has 0 amide bonds. The molecule has 5 nitrogen and oxygen atoms in total. The minimum absolute atomic E-state index is 0.118. The molecule has 4 N–H and O–H groups in total. The van der Waals surface area contributed by atoms with Crippen molar-refractivity contribution in [3.05, 3.63) is 18.2 Å². The summed E-state index contributed by atoms with van der Waals surface area (Å²) in [5.74, 6) is 1.46. The van der Waals surface area contributed by atoms with Crippen LogP contribution in [0, 0.1) is 0 Å². The number of nitrogens with one attached hydrogen (secondary N) is 2. The van der Waals surface area contributed by atoms with Crippen LogP contribution in [0.2, 0.25) is 0 Å². The van der Waals surface area contributed by atoms with Crippen LogP contribution < -0.4 is 11.1 Å². The van der Waals surface area contributed by atoms with Crippen molar-refractivity contribution >= 4 is 5.96 Å². The zero-order valence-electron chi connectivity index (χ0n) is 11.0. The lowest BCUT2D eigenvalue weighted by atomic mass is 9.96. The van der Waals surface area contributed by atoms with Gasteiger partial charge in [-0.15, -0.1) is 0 Å². The van der Waals surface area contributed by atoms with E-state index in [1.807, 2.05) is 6.20 Å². The van der Waals surface area contributed by atoms with Crippen LogP contribution in [0.15, 0.2) is 17.4 Å². The molecule has 5 heteroatoms. The van der Waals surface area contributed by atoms with Crippen LogP contribution in [0.5, 0.6) is 0 Å². The molecule has 18 heavy (non-hydrogen) atoms. The average molecular weight is 249 g/mol. The van der Waals surface area contributed by atoms with Crippen LogP contribution >= 0.6 is 0 Å². The number of aromatic nitrogens is 2. The molecule has 0 saturated heterocycles. The van der Waals surface area contributed by atoms with Gasteiger partial charge in [-0.25, -0.2) is 4.98 Å². The van der Waals surface area contributed by atoms with Gasteiger partial charge in [0, 0.05) is 12.4 Å². The molecule has 1 fully saturated rings. The van der Waals surface area contributed by atoms with Crippen LogP contribution in [0.1, 0.15) is 57.3 Å². The van der Waals surface area contributed by atoms with Crippen molar-refractivity contribution in [2.45, 2.75) is 57.5 Å². The van der Waals surface area contributed by atoms with Crippen molar-refractivity contribution in [3.63, 3.8) is 0 Å². The molecular formula is C13H23N5. The Kier molecular flexibility index (Phi) is 4.61. The van der Waals surface area contributed by atoms with Crippen molar-refractivity contribution in [3.8, 4) is 0 Å². The number of guanidine groups is 1. The van der Waals surface area contributed by atoms with Gasteiger partial charge in [0.1, 0.15) is 5.82 Å². The normalized spacial score (nSPS) is 19.7. The van der Waals surface area contributed by atoms with Crippen molar-refractivity contribution in [1.82, 2.24) is 15.3 Å². The Bertz CT molecular complexity index is 365. The maximum atomic E-state index is 5.98. The van der Waals surface area contributed by atoms with E-state index in [9.17, 15) is 0 Å². The number of rotatable bonds is 4. The number of imidazole rings is 1. The molecule has 1 heterocycles. The summed E-state index contributed by atoms with van der Waals surface area (Å²) >= 11 is 0. The number of aliphatic imine (C=N–C) groups is 1. The molecule has 1 saturated carbocycles. The summed E-state index contributed by atoms with van der Waals surface area (Å²) in [5.41, 5.74) is 5.98. The zero-order chi connectivity index (χ0) is 12.8. The fraction of sp³-hybridized carbons (Fsp3) is 0.692. The van der Waals surface area contributed by atoms with E-state index >= 15 is 0 Å². The first-order chi connectivity index (χ1) is 8.79. The molecule has 100 valence electrons. The molecule has 1 aromatic heterocycles. The molecule has 1 aliphatic rings. The molecule has 0 bridgehead atoms. The number of H-pyrrole nitrogens is 1. The Balaban J connectivity index is 1.92. The van der Waals surface area contributed by atoms with Gasteiger partial charge in [0.05, 0.1) is 12.1 Å². The Labute approximate surface area is 108 Å². The number of nitrogens with zero attached hydrogens (tertiary/aromatic N) is 2. The number of aromatic amines is 1. The van der Waals surface area contributed by atoms with Crippen molar-refractivity contribution in [2.75, 3.05) is 0 Å². The molecular weight excluding hydrogens is 226 g/mol.